The highest BCUT2D eigenvalue weighted by Gasteiger charge is 2.21. The Bertz CT molecular complexity index is 1020. The summed E-state index contributed by atoms with van der Waals surface area (Å²) in [5.74, 6) is -0.406. The number of nitrogens with zero attached hydrogens (tertiary/aromatic N) is 4. The average molecular weight is 383 g/mol. The number of aromatic nitrogens is 3. The first kappa shape index (κ1) is 17.0. The van der Waals surface area contributed by atoms with Gasteiger partial charge in [-0.1, -0.05) is 35.0 Å². The highest BCUT2D eigenvalue weighted by atomic mass is 35.5. The van der Waals surface area contributed by atoms with Crippen molar-refractivity contribution in [1.29, 1.82) is 0 Å². The van der Waals surface area contributed by atoms with Gasteiger partial charge in [-0.15, -0.1) is 5.10 Å². The molecule has 3 aromatic rings. The van der Waals surface area contributed by atoms with Crippen LogP contribution < -0.4 is 15.5 Å². The van der Waals surface area contributed by atoms with Gasteiger partial charge in [0.05, 0.1) is 16.9 Å². The zero-order valence-corrected chi connectivity index (χ0v) is 14.8. The van der Waals surface area contributed by atoms with Crippen LogP contribution in [-0.2, 0) is 0 Å². The standard InChI is InChI=1S/C18H15ClN6O2/c19-14-6-1-2-7-16(14)25-11-15(22-23-25)17(26)21-12-4-3-5-13(10-12)24-9-8-20-18(24)27/h1-7,10-11H,8-9H2,(H,20,27)(H,21,26). The molecule has 1 aliphatic rings. The Labute approximate surface area is 159 Å². The molecule has 8 nitrogen and oxygen atoms in total. The minimum Gasteiger partial charge on any atom is -0.336 e. The minimum absolute atomic E-state index is 0.152. The summed E-state index contributed by atoms with van der Waals surface area (Å²) < 4.78 is 1.45. The Morgan fingerprint density at radius 3 is 2.81 bits per heavy atom. The van der Waals surface area contributed by atoms with Gasteiger partial charge < -0.3 is 10.6 Å². The van der Waals surface area contributed by atoms with Gasteiger partial charge in [0.25, 0.3) is 5.91 Å². The molecule has 1 aromatic heterocycles. The number of carbonyl (C=O) groups excluding carboxylic acids is 2. The van der Waals surface area contributed by atoms with E-state index in [9.17, 15) is 9.59 Å². The molecule has 0 radical (unpaired) electrons. The van der Waals surface area contributed by atoms with Crippen molar-refractivity contribution in [1.82, 2.24) is 20.3 Å². The van der Waals surface area contributed by atoms with Crippen molar-refractivity contribution in [2.75, 3.05) is 23.3 Å². The largest absolute Gasteiger partial charge is 0.336 e. The topological polar surface area (TPSA) is 92.2 Å². The van der Waals surface area contributed by atoms with Crippen molar-refractivity contribution in [3.05, 3.63) is 65.4 Å². The lowest BCUT2D eigenvalue weighted by Gasteiger charge is -2.15. The third kappa shape index (κ3) is 3.47. The second-order valence-electron chi connectivity index (χ2n) is 5.89. The number of amides is 3. The lowest BCUT2D eigenvalue weighted by Crippen LogP contribution is -2.27. The van der Waals surface area contributed by atoms with Gasteiger partial charge in [0, 0.05) is 24.5 Å². The zero-order chi connectivity index (χ0) is 18.8. The lowest BCUT2D eigenvalue weighted by atomic mass is 10.2. The number of hydrogen-bond donors (Lipinski definition) is 2. The maximum atomic E-state index is 12.5. The maximum absolute atomic E-state index is 12.5. The van der Waals surface area contributed by atoms with E-state index in [4.69, 9.17) is 11.6 Å². The third-order valence-electron chi connectivity index (χ3n) is 4.10. The van der Waals surface area contributed by atoms with Gasteiger partial charge in [-0.05, 0) is 30.3 Å². The summed E-state index contributed by atoms with van der Waals surface area (Å²) in [6.07, 6.45) is 1.51. The van der Waals surface area contributed by atoms with Crippen LogP contribution in [0.15, 0.2) is 54.7 Å². The third-order valence-corrected chi connectivity index (χ3v) is 4.42. The van der Waals surface area contributed by atoms with Crippen LogP contribution in [0.25, 0.3) is 5.69 Å². The van der Waals surface area contributed by atoms with Crippen molar-refractivity contribution in [3.63, 3.8) is 0 Å². The summed E-state index contributed by atoms with van der Waals surface area (Å²) >= 11 is 6.14. The Hall–Kier alpha value is -3.39. The van der Waals surface area contributed by atoms with E-state index < -0.39 is 5.91 Å². The summed E-state index contributed by atoms with van der Waals surface area (Å²) in [5, 5.41) is 13.9. The zero-order valence-electron chi connectivity index (χ0n) is 14.1. The number of benzene rings is 2. The molecule has 2 N–H and O–H groups in total. The molecule has 1 fully saturated rings. The van der Waals surface area contributed by atoms with Crippen molar-refractivity contribution in [3.8, 4) is 5.69 Å². The Kier molecular flexibility index (Phi) is 4.47. The first-order valence-corrected chi connectivity index (χ1v) is 8.63. The maximum Gasteiger partial charge on any atom is 0.321 e. The molecule has 1 aliphatic heterocycles. The molecule has 3 amide bonds. The van der Waals surface area contributed by atoms with E-state index in [2.05, 4.69) is 20.9 Å². The van der Waals surface area contributed by atoms with Gasteiger partial charge in [-0.25, -0.2) is 9.48 Å². The number of halogens is 1. The van der Waals surface area contributed by atoms with Crippen molar-refractivity contribution in [2.45, 2.75) is 0 Å². The SMILES string of the molecule is O=C(Nc1cccc(N2CCNC2=O)c1)c1cn(-c2ccccc2Cl)nn1. The smallest absolute Gasteiger partial charge is 0.321 e. The fourth-order valence-corrected chi connectivity index (χ4v) is 3.01. The molecule has 1 saturated heterocycles. The molecule has 0 unspecified atom stereocenters. The Morgan fingerprint density at radius 2 is 2.04 bits per heavy atom. The summed E-state index contributed by atoms with van der Waals surface area (Å²) in [6, 6.07) is 14.1. The summed E-state index contributed by atoms with van der Waals surface area (Å²) in [6.45, 7) is 1.18. The van der Waals surface area contributed by atoms with Gasteiger partial charge in [0.1, 0.15) is 0 Å². The number of nitrogens with one attached hydrogen (secondary N) is 2. The molecular formula is C18H15ClN6O2. The van der Waals surface area contributed by atoms with Crippen LogP contribution >= 0.6 is 11.6 Å². The number of anilines is 2. The predicted octanol–water partition coefficient (Wildman–Crippen LogP) is 2.70. The summed E-state index contributed by atoms with van der Waals surface area (Å²) in [4.78, 5) is 25.9. The van der Waals surface area contributed by atoms with Crippen LogP contribution in [0, 0.1) is 0 Å². The lowest BCUT2D eigenvalue weighted by molar-refractivity contribution is 0.102. The first-order chi connectivity index (χ1) is 13.1. The van der Waals surface area contributed by atoms with Crippen molar-refractivity contribution < 1.29 is 9.59 Å². The van der Waals surface area contributed by atoms with Crippen LogP contribution in [0.1, 0.15) is 10.5 Å². The molecule has 0 saturated carbocycles. The predicted molar refractivity (Wildman–Crippen MR) is 102 cm³/mol. The highest BCUT2D eigenvalue weighted by Crippen LogP contribution is 2.22. The number of urea groups is 1. The van der Waals surface area contributed by atoms with E-state index in [1.807, 2.05) is 18.2 Å². The van der Waals surface area contributed by atoms with E-state index in [0.717, 1.165) is 0 Å². The molecule has 9 heteroatoms. The van der Waals surface area contributed by atoms with Gasteiger partial charge in [0.2, 0.25) is 0 Å². The van der Waals surface area contributed by atoms with Gasteiger partial charge in [0.15, 0.2) is 5.69 Å². The number of carbonyl (C=O) groups is 2. The fourth-order valence-electron chi connectivity index (χ4n) is 2.79. The fraction of sp³-hybridized carbons (Fsp3) is 0.111. The van der Waals surface area contributed by atoms with Gasteiger partial charge in [-0.3, -0.25) is 9.69 Å². The van der Waals surface area contributed by atoms with E-state index >= 15 is 0 Å². The monoisotopic (exact) mass is 382 g/mol. The van der Waals surface area contributed by atoms with Crippen LogP contribution in [-0.4, -0.2) is 40.0 Å². The Morgan fingerprint density at radius 1 is 1.19 bits per heavy atom. The first-order valence-electron chi connectivity index (χ1n) is 8.26. The molecule has 0 aliphatic carbocycles. The second-order valence-corrected chi connectivity index (χ2v) is 6.29. The van der Waals surface area contributed by atoms with Crippen molar-refractivity contribution in [2.24, 2.45) is 0 Å². The average Bonchev–Trinajstić information content (AvgIpc) is 3.31. The van der Waals surface area contributed by atoms with E-state index in [-0.39, 0.29) is 11.7 Å². The second kappa shape index (κ2) is 7.08. The number of hydrogen-bond acceptors (Lipinski definition) is 4. The van der Waals surface area contributed by atoms with Crippen LogP contribution in [0.2, 0.25) is 5.02 Å². The molecule has 27 heavy (non-hydrogen) atoms. The normalized spacial score (nSPS) is 13.5. The Balaban J connectivity index is 1.52. The van der Waals surface area contributed by atoms with Crippen LogP contribution in [0.5, 0.6) is 0 Å². The molecule has 0 atom stereocenters. The molecule has 4 rings (SSSR count). The molecular weight excluding hydrogens is 368 g/mol. The number of para-hydroxylation sites is 1. The van der Waals surface area contributed by atoms with Crippen LogP contribution in [0.3, 0.4) is 0 Å². The molecule has 2 aromatic carbocycles. The molecule has 2 heterocycles. The van der Waals surface area contributed by atoms with E-state index in [0.29, 0.717) is 35.2 Å². The highest BCUT2D eigenvalue weighted by molar-refractivity contribution is 6.32. The van der Waals surface area contributed by atoms with Gasteiger partial charge >= 0.3 is 6.03 Å². The minimum atomic E-state index is -0.406. The summed E-state index contributed by atoms with van der Waals surface area (Å²) in [7, 11) is 0. The summed E-state index contributed by atoms with van der Waals surface area (Å²) in [5.41, 5.74) is 2.05. The van der Waals surface area contributed by atoms with E-state index in [1.165, 1.54) is 10.9 Å². The quantitative estimate of drug-likeness (QED) is 0.725. The molecule has 0 bridgehead atoms. The van der Waals surface area contributed by atoms with Crippen molar-refractivity contribution >= 4 is 34.9 Å². The van der Waals surface area contributed by atoms with Crippen LogP contribution in [0.4, 0.5) is 16.2 Å². The molecule has 136 valence electrons. The van der Waals surface area contributed by atoms with Gasteiger partial charge in [-0.2, -0.15) is 0 Å². The number of rotatable bonds is 4. The van der Waals surface area contributed by atoms with E-state index in [1.54, 1.807) is 35.2 Å². The molecule has 0 spiro atoms.